The molecule has 0 aliphatic carbocycles. The van der Waals surface area contributed by atoms with Crippen molar-refractivity contribution in [1.29, 1.82) is 0 Å². The van der Waals surface area contributed by atoms with Gasteiger partial charge in [-0.2, -0.15) is 4.31 Å². The van der Waals surface area contributed by atoms with Gasteiger partial charge in [-0.05, 0) is 37.6 Å². The number of aromatic nitrogens is 2. The summed E-state index contributed by atoms with van der Waals surface area (Å²) < 4.78 is 37.9. The van der Waals surface area contributed by atoms with E-state index in [2.05, 4.69) is 9.97 Å². The predicted octanol–water partition coefficient (Wildman–Crippen LogP) is 0.820. The van der Waals surface area contributed by atoms with Gasteiger partial charge in [-0.25, -0.2) is 13.9 Å². The number of hydroxylamine groups is 1. The van der Waals surface area contributed by atoms with Crippen molar-refractivity contribution >= 4 is 21.9 Å². The van der Waals surface area contributed by atoms with Crippen molar-refractivity contribution in [3.63, 3.8) is 0 Å². The van der Waals surface area contributed by atoms with Gasteiger partial charge in [-0.1, -0.05) is 0 Å². The minimum absolute atomic E-state index is 0.0174. The van der Waals surface area contributed by atoms with E-state index in [4.69, 9.17) is 14.7 Å². The molecule has 0 saturated heterocycles. The van der Waals surface area contributed by atoms with Crippen LogP contribution in [0, 0.1) is 0 Å². The number of fused-ring (bicyclic) bond motifs is 1. The van der Waals surface area contributed by atoms with Crippen molar-refractivity contribution in [2.45, 2.75) is 43.7 Å². The van der Waals surface area contributed by atoms with Crippen LogP contribution in [0.25, 0.3) is 0 Å². The molecule has 2 heterocycles. The maximum Gasteiger partial charge on any atom is 0.305 e. The molecule has 1 aromatic carbocycles. The van der Waals surface area contributed by atoms with Gasteiger partial charge >= 0.3 is 5.97 Å². The fraction of sp³-hybridized carbons (Fsp3) is 0.400. The molecule has 1 amide bonds. The van der Waals surface area contributed by atoms with Crippen molar-refractivity contribution in [3.8, 4) is 5.75 Å². The molecule has 1 atom stereocenters. The number of nitrogens with one attached hydrogen (secondary N) is 1. The van der Waals surface area contributed by atoms with E-state index in [-0.39, 0.29) is 36.9 Å². The van der Waals surface area contributed by atoms with E-state index in [0.29, 0.717) is 30.2 Å². The molecular weight excluding hydrogens is 440 g/mol. The molecule has 0 fully saturated rings. The van der Waals surface area contributed by atoms with Crippen LogP contribution in [0.1, 0.15) is 31.2 Å². The maximum atomic E-state index is 13.3. The Morgan fingerprint density at radius 1 is 1.19 bits per heavy atom. The Bertz CT molecular complexity index is 1060. The van der Waals surface area contributed by atoms with E-state index in [1.54, 1.807) is 6.92 Å². The van der Waals surface area contributed by atoms with E-state index < -0.39 is 22.0 Å². The summed E-state index contributed by atoms with van der Waals surface area (Å²) in [4.78, 5) is 31.8. The van der Waals surface area contributed by atoms with E-state index >= 15 is 0 Å². The molecule has 3 rings (SSSR count). The average Bonchev–Trinajstić information content (AvgIpc) is 2.81. The Hall–Kier alpha value is -3.09. The first kappa shape index (κ1) is 23.6. The van der Waals surface area contributed by atoms with Gasteiger partial charge < -0.3 is 9.47 Å². The minimum Gasteiger partial charge on any atom is -0.494 e. The largest absolute Gasteiger partial charge is 0.494 e. The highest BCUT2D eigenvalue weighted by molar-refractivity contribution is 7.89. The highest BCUT2D eigenvalue weighted by atomic mass is 32.2. The molecule has 1 aliphatic rings. The molecule has 1 aliphatic heterocycles. The first-order chi connectivity index (χ1) is 15.4. The van der Waals surface area contributed by atoms with E-state index in [1.165, 1.54) is 42.1 Å². The molecule has 2 aromatic rings. The van der Waals surface area contributed by atoms with Crippen molar-refractivity contribution in [3.05, 3.63) is 48.0 Å². The quantitative estimate of drug-likeness (QED) is 0.238. The maximum absolute atomic E-state index is 13.3. The van der Waals surface area contributed by atoms with E-state index in [1.807, 2.05) is 0 Å². The smallest absolute Gasteiger partial charge is 0.305 e. The van der Waals surface area contributed by atoms with Crippen LogP contribution in [0.2, 0.25) is 0 Å². The number of ether oxygens (including phenoxy) is 2. The monoisotopic (exact) mass is 464 g/mol. The summed E-state index contributed by atoms with van der Waals surface area (Å²) in [7, 11) is -4.09. The van der Waals surface area contributed by atoms with Gasteiger partial charge in [0.25, 0.3) is 5.91 Å². The minimum atomic E-state index is -4.09. The number of nitrogens with zero attached hydrogens (tertiary/aromatic N) is 3. The zero-order valence-corrected chi connectivity index (χ0v) is 18.2. The van der Waals surface area contributed by atoms with Crippen molar-refractivity contribution in [1.82, 2.24) is 19.8 Å². The molecule has 0 bridgehead atoms. The standard InChI is InChI=1S/C20H24N4O7S/c1-2-30-19(25)4-3-11-31-14-5-7-15(8-6-14)32(28,29)24-13-17-16(21-9-10-22-17)12-18(24)20(26)23-27/h5-10,18,27H,2-4,11-13H2,1H3,(H,23,26)/t18-/m1/s1. The number of carbonyl (C=O) groups excluding carboxylic acids is 2. The molecule has 172 valence electrons. The second-order valence-corrected chi connectivity index (χ2v) is 8.81. The first-order valence-corrected chi connectivity index (χ1v) is 11.4. The third-order valence-corrected chi connectivity index (χ3v) is 6.71. The third-order valence-electron chi connectivity index (χ3n) is 4.84. The molecular formula is C20H24N4O7S. The second kappa shape index (κ2) is 10.5. The predicted molar refractivity (Wildman–Crippen MR) is 110 cm³/mol. The van der Waals surface area contributed by atoms with Crippen LogP contribution in [0.4, 0.5) is 0 Å². The van der Waals surface area contributed by atoms with Gasteiger partial charge in [0, 0.05) is 25.2 Å². The molecule has 0 unspecified atom stereocenters. The fourth-order valence-electron chi connectivity index (χ4n) is 3.27. The van der Waals surface area contributed by atoms with Gasteiger partial charge in [0.1, 0.15) is 11.8 Å². The number of amides is 1. The Morgan fingerprint density at radius 3 is 2.53 bits per heavy atom. The molecule has 11 nitrogen and oxygen atoms in total. The molecule has 12 heteroatoms. The number of sulfonamides is 1. The lowest BCUT2D eigenvalue weighted by molar-refractivity contribution is -0.143. The summed E-state index contributed by atoms with van der Waals surface area (Å²) in [5.41, 5.74) is 2.47. The zero-order valence-electron chi connectivity index (χ0n) is 17.4. The summed E-state index contributed by atoms with van der Waals surface area (Å²) in [5, 5.41) is 9.09. The summed E-state index contributed by atoms with van der Waals surface area (Å²) in [5.74, 6) is -0.717. The molecule has 0 radical (unpaired) electrons. The van der Waals surface area contributed by atoms with E-state index in [9.17, 15) is 18.0 Å². The topological polar surface area (TPSA) is 148 Å². The Balaban J connectivity index is 1.72. The van der Waals surface area contributed by atoms with Gasteiger partial charge in [-0.3, -0.25) is 24.8 Å². The number of carbonyl (C=O) groups is 2. The second-order valence-electron chi connectivity index (χ2n) is 6.92. The molecule has 0 spiro atoms. The third kappa shape index (κ3) is 5.39. The highest BCUT2D eigenvalue weighted by Gasteiger charge is 2.40. The van der Waals surface area contributed by atoms with Gasteiger partial charge in [-0.15, -0.1) is 0 Å². The van der Waals surface area contributed by atoms with Gasteiger partial charge in [0.2, 0.25) is 10.0 Å². The van der Waals surface area contributed by atoms with E-state index in [0.717, 1.165) is 4.31 Å². The lowest BCUT2D eigenvalue weighted by Crippen LogP contribution is -2.52. The van der Waals surface area contributed by atoms with Crippen molar-refractivity contribution in [2.75, 3.05) is 13.2 Å². The summed E-state index contributed by atoms with van der Waals surface area (Å²) >= 11 is 0. The fourth-order valence-corrected chi connectivity index (χ4v) is 4.82. The van der Waals surface area contributed by atoms with Gasteiger partial charge in [0.05, 0.1) is 36.0 Å². The Kier molecular flexibility index (Phi) is 7.72. The lowest BCUT2D eigenvalue weighted by Gasteiger charge is -2.33. The summed E-state index contributed by atoms with van der Waals surface area (Å²) in [6.45, 7) is 2.17. The number of hydrogen-bond donors (Lipinski definition) is 2. The normalized spacial score (nSPS) is 16.1. The SMILES string of the molecule is CCOC(=O)CCCOc1ccc(S(=O)(=O)N2Cc3nccnc3C[C@@H]2C(=O)NO)cc1. The van der Waals surface area contributed by atoms with Crippen LogP contribution in [0.5, 0.6) is 5.75 Å². The van der Waals surface area contributed by atoms with Crippen LogP contribution in [-0.4, -0.2) is 59.0 Å². The van der Waals surface area contributed by atoms with Crippen molar-refractivity contribution in [2.24, 2.45) is 0 Å². The van der Waals surface area contributed by atoms with Gasteiger partial charge in [0.15, 0.2) is 0 Å². The molecule has 0 saturated carbocycles. The number of benzene rings is 1. The zero-order chi connectivity index (χ0) is 23.1. The Morgan fingerprint density at radius 2 is 1.88 bits per heavy atom. The molecule has 32 heavy (non-hydrogen) atoms. The van der Waals surface area contributed by atoms with Crippen LogP contribution in [0.3, 0.4) is 0 Å². The molecule has 1 aromatic heterocycles. The van der Waals surface area contributed by atoms with Crippen LogP contribution in [0.15, 0.2) is 41.6 Å². The summed E-state index contributed by atoms with van der Waals surface area (Å²) in [6.07, 6.45) is 3.59. The molecule has 2 N–H and O–H groups in total. The van der Waals surface area contributed by atoms with Crippen LogP contribution >= 0.6 is 0 Å². The lowest BCUT2D eigenvalue weighted by atomic mass is 10.0. The number of rotatable bonds is 9. The van der Waals surface area contributed by atoms with Crippen LogP contribution in [-0.2, 0) is 37.3 Å². The number of hydrogen-bond acceptors (Lipinski definition) is 9. The van der Waals surface area contributed by atoms with Crippen molar-refractivity contribution < 1.29 is 32.7 Å². The Labute approximate surface area is 185 Å². The van der Waals surface area contributed by atoms with Crippen LogP contribution < -0.4 is 10.2 Å². The summed E-state index contributed by atoms with van der Waals surface area (Å²) in [6, 6.07) is 4.56. The number of esters is 1. The average molecular weight is 465 g/mol. The first-order valence-electron chi connectivity index (χ1n) is 9.99. The highest BCUT2D eigenvalue weighted by Crippen LogP contribution is 2.28.